The quantitative estimate of drug-likeness (QED) is 0.808. The smallest absolute Gasteiger partial charge is 0.254 e. The van der Waals surface area contributed by atoms with Crippen molar-refractivity contribution >= 4 is 11.6 Å². The molecule has 4 rings (SSSR count). The van der Waals surface area contributed by atoms with Crippen LogP contribution in [0.15, 0.2) is 30.6 Å². The summed E-state index contributed by atoms with van der Waals surface area (Å²) < 4.78 is 14.8. The number of nitrogens with one attached hydrogen (secondary N) is 1. The van der Waals surface area contributed by atoms with Crippen LogP contribution in [0, 0.1) is 11.7 Å². The van der Waals surface area contributed by atoms with Crippen molar-refractivity contribution in [3.05, 3.63) is 53.2 Å². The molecule has 0 bridgehead atoms. The predicted octanol–water partition coefficient (Wildman–Crippen LogP) is 3.00. The Hall–Kier alpha value is -2.50. The van der Waals surface area contributed by atoms with Gasteiger partial charge in [0, 0.05) is 12.1 Å². The Bertz CT molecular complexity index is 840. The van der Waals surface area contributed by atoms with E-state index in [1.165, 1.54) is 24.0 Å². The SMILES string of the molecule is CC1CCc2c(nc3ncnn3c2NCc2ccc(F)cc2)C1. The minimum absolute atomic E-state index is 0.220. The lowest BCUT2D eigenvalue weighted by molar-refractivity contribution is 0.491. The molecule has 1 aliphatic carbocycles. The molecule has 6 heteroatoms. The molecule has 0 fully saturated rings. The van der Waals surface area contributed by atoms with Crippen molar-refractivity contribution in [2.45, 2.75) is 32.7 Å². The Labute approximate surface area is 133 Å². The monoisotopic (exact) mass is 311 g/mol. The van der Waals surface area contributed by atoms with Gasteiger partial charge in [0.2, 0.25) is 0 Å². The number of fused-ring (bicyclic) bond motifs is 2. The Morgan fingerprint density at radius 2 is 2.13 bits per heavy atom. The van der Waals surface area contributed by atoms with Gasteiger partial charge in [-0.15, -0.1) is 0 Å². The fourth-order valence-corrected chi connectivity index (χ4v) is 3.15. The maximum atomic E-state index is 13.0. The van der Waals surface area contributed by atoms with E-state index in [2.05, 4.69) is 27.3 Å². The van der Waals surface area contributed by atoms with Crippen LogP contribution in [-0.2, 0) is 19.4 Å². The summed E-state index contributed by atoms with van der Waals surface area (Å²) in [4.78, 5) is 8.88. The highest BCUT2D eigenvalue weighted by molar-refractivity contribution is 5.54. The summed E-state index contributed by atoms with van der Waals surface area (Å²) in [5, 5.41) is 7.74. The summed E-state index contributed by atoms with van der Waals surface area (Å²) in [6, 6.07) is 6.53. The molecule has 23 heavy (non-hydrogen) atoms. The number of hydrogen-bond acceptors (Lipinski definition) is 4. The number of benzene rings is 1. The molecule has 2 heterocycles. The molecule has 1 aliphatic rings. The van der Waals surface area contributed by atoms with Crippen LogP contribution in [0.1, 0.15) is 30.2 Å². The van der Waals surface area contributed by atoms with Crippen molar-refractivity contribution in [2.75, 3.05) is 5.32 Å². The lowest BCUT2D eigenvalue weighted by atomic mass is 9.88. The third kappa shape index (κ3) is 2.65. The van der Waals surface area contributed by atoms with Crippen LogP contribution in [0.4, 0.5) is 10.2 Å². The molecule has 0 spiro atoms. The number of rotatable bonds is 3. The van der Waals surface area contributed by atoms with E-state index in [-0.39, 0.29) is 5.82 Å². The molecule has 0 saturated carbocycles. The maximum Gasteiger partial charge on any atom is 0.254 e. The average Bonchev–Trinajstić information content (AvgIpc) is 3.01. The van der Waals surface area contributed by atoms with Gasteiger partial charge in [-0.1, -0.05) is 19.1 Å². The zero-order chi connectivity index (χ0) is 15.8. The lowest BCUT2D eigenvalue weighted by Gasteiger charge is -2.23. The normalized spacial score (nSPS) is 17.2. The van der Waals surface area contributed by atoms with Crippen LogP contribution in [0.3, 0.4) is 0 Å². The first-order valence-electron chi connectivity index (χ1n) is 7.90. The van der Waals surface area contributed by atoms with Crippen LogP contribution in [0.25, 0.3) is 5.78 Å². The molecule has 1 aromatic carbocycles. The molecule has 0 aliphatic heterocycles. The molecular formula is C17H18FN5. The topological polar surface area (TPSA) is 55.1 Å². The number of hydrogen-bond donors (Lipinski definition) is 1. The molecule has 2 aromatic heterocycles. The standard InChI is InChI=1S/C17H18FN5/c1-11-2-7-14-15(8-11)22-17-20-10-21-23(17)16(14)19-9-12-3-5-13(18)6-4-12/h3-6,10-11,19H,2,7-9H2,1H3. The number of nitrogens with zero attached hydrogens (tertiary/aromatic N) is 4. The van der Waals surface area contributed by atoms with Crippen molar-refractivity contribution in [3.8, 4) is 0 Å². The summed E-state index contributed by atoms with van der Waals surface area (Å²) in [5.74, 6) is 2.01. The Morgan fingerprint density at radius 1 is 1.30 bits per heavy atom. The highest BCUT2D eigenvalue weighted by Crippen LogP contribution is 2.30. The molecular weight excluding hydrogens is 293 g/mol. The van der Waals surface area contributed by atoms with Gasteiger partial charge < -0.3 is 5.32 Å². The molecule has 3 aromatic rings. The van der Waals surface area contributed by atoms with Gasteiger partial charge in [0.1, 0.15) is 18.0 Å². The van der Waals surface area contributed by atoms with Gasteiger partial charge in [0.25, 0.3) is 5.78 Å². The Kier molecular flexibility index (Phi) is 3.44. The fraction of sp³-hybridized carbons (Fsp3) is 0.353. The molecule has 0 amide bonds. The largest absolute Gasteiger partial charge is 0.366 e. The first kappa shape index (κ1) is 14.1. The minimum Gasteiger partial charge on any atom is -0.366 e. The van der Waals surface area contributed by atoms with Crippen molar-refractivity contribution < 1.29 is 4.39 Å². The number of anilines is 1. The second-order valence-corrected chi connectivity index (χ2v) is 6.19. The summed E-state index contributed by atoms with van der Waals surface area (Å²) in [6.45, 7) is 2.87. The zero-order valence-electron chi connectivity index (χ0n) is 13.0. The number of halogens is 1. The van der Waals surface area contributed by atoms with Crippen LogP contribution >= 0.6 is 0 Å². The van der Waals surface area contributed by atoms with E-state index >= 15 is 0 Å². The summed E-state index contributed by atoms with van der Waals surface area (Å²) in [6.07, 6.45) is 4.65. The summed E-state index contributed by atoms with van der Waals surface area (Å²) in [7, 11) is 0. The molecule has 1 unspecified atom stereocenters. The van der Waals surface area contributed by atoms with Crippen LogP contribution in [0.2, 0.25) is 0 Å². The Morgan fingerprint density at radius 3 is 2.96 bits per heavy atom. The van der Waals surface area contributed by atoms with Crippen molar-refractivity contribution in [2.24, 2.45) is 5.92 Å². The Balaban J connectivity index is 1.70. The minimum atomic E-state index is -0.220. The fourth-order valence-electron chi connectivity index (χ4n) is 3.15. The molecule has 0 saturated heterocycles. The van der Waals surface area contributed by atoms with Gasteiger partial charge in [-0.25, -0.2) is 9.37 Å². The zero-order valence-corrected chi connectivity index (χ0v) is 13.0. The molecule has 5 nitrogen and oxygen atoms in total. The second kappa shape index (κ2) is 5.61. The number of aromatic nitrogens is 4. The van der Waals surface area contributed by atoms with Gasteiger partial charge in [-0.2, -0.15) is 14.6 Å². The van der Waals surface area contributed by atoms with Crippen molar-refractivity contribution in [3.63, 3.8) is 0 Å². The molecule has 1 atom stereocenters. The maximum absolute atomic E-state index is 13.0. The molecule has 118 valence electrons. The van der Waals surface area contributed by atoms with E-state index in [0.29, 0.717) is 18.2 Å². The van der Waals surface area contributed by atoms with Gasteiger partial charge in [0.05, 0.1) is 5.69 Å². The van der Waals surface area contributed by atoms with E-state index in [1.807, 2.05) is 0 Å². The van der Waals surface area contributed by atoms with Gasteiger partial charge >= 0.3 is 0 Å². The third-order valence-electron chi connectivity index (χ3n) is 4.41. The first-order valence-corrected chi connectivity index (χ1v) is 7.90. The van der Waals surface area contributed by atoms with Crippen molar-refractivity contribution in [1.82, 2.24) is 19.6 Å². The van der Waals surface area contributed by atoms with Crippen LogP contribution < -0.4 is 5.32 Å². The van der Waals surface area contributed by atoms with Crippen molar-refractivity contribution in [1.29, 1.82) is 0 Å². The van der Waals surface area contributed by atoms with E-state index in [9.17, 15) is 4.39 Å². The van der Waals surface area contributed by atoms with E-state index < -0.39 is 0 Å². The highest BCUT2D eigenvalue weighted by Gasteiger charge is 2.22. The summed E-state index contributed by atoms with van der Waals surface area (Å²) >= 11 is 0. The van der Waals surface area contributed by atoms with E-state index in [1.54, 1.807) is 16.6 Å². The molecule has 0 radical (unpaired) electrons. The van der Waals surface area contributed by atoms with Gasteiger partial charge in [-0.05, 0) is 42.9 Å². The summed E-state index contributed by atoms with van der Waals surface area (Å²) in [5.41, 5.74) is 3.36. The average molecular weight is 311 g/mol. The predicted molar refractivity (Wildman–Crippen MR) is 85.7 cm³/mol. The van der Waals surface area contributed by atoms with E-state index in [0.717, 1.165) is 36.3 Å². The lowest BCUT2D eigenvalue weighted by Crippen LogP contribution is -2.19. The second-order valence-electron chi connectivity index (χ2n) is 6.19. The van der Waals surface area contributed by atoms with Crippen LogP contribution in [0.5, 0.6) is 0 Å². The highest BCUT2D eigenvalue weighted by atomic mass is 19.1. The third-order valence-corrected chi connectivity index (χ3v) is 4.41. The molecule has 1 N–H and O–H groups in total. The van der Waals surface area contributed by atoms with Gasteiger partial charge in [0.15, 0.2) is 0 Å². The van der Waals surface area contributed by atoms with Crippen LogP contribution in [-0.4, -0.2) is 19.6 Å². The van der Waals surface area contributed by atoms with Gasteiger partial charge in [-0.3, -0.25) is 0 Å². The van der Waals surface area contributed by atoms with E-state index in [4.69, 9.17) is 0 Å². The first-order chi connectivity index (χ1) is 11.2.